The Balaban J connectivity index is 3.06. The van der Waals surface area contributed by atoms with E-state index in [1.165, 1.54) is 154 Å². The third kappa shape index (κ3) is 26.0. The summed E-state index contributed by atoms with van der Waals surface area (Å²) >= 11 is 0. The van der Waals surface area contributed by atoms with Crippen molar-refractivity contribution in [3.05, 3.63) is 0 Å². The molecule has 1 unspecified atom stereocenters. The maximum atomic E-state index is 10.00. The maximum Gasteiger partial charge on any atom is 0.0540 e. The molecule has 0 amide bonds. The summed E-state index contributed by atoms with van der Waals surface area (Å²) in [6, 6.07) is 0. The quantitative estimate of drug-likeness (QED) is 0.137. The Hall–Kier alpha value is -0.0400. The van der Waals surface area contributed by atoms with E-state index in [4.69, 9.17) is 0 Å². The average molecular weight is 425 g/mol. The van der Waals surface area contributed by atoms with E-state index >= 15 is 0 Å². The van der Waals surface area contributed by atoms with E-state index in [9.17, 15) is 5.11 Å². The number of rotatable bonds is 26. The van der Waals surface area contributed by atoms with Crippen LogP contribution in [0, 0.1) is 0 Å². The van der Waals surface area contributed by atoms with Gasteiger partial charge in [0.15, 0.2) is 0 Å². The predicted octanol–water partition coefficient (Wildman–Crippen LogP) is 10.5. The summed E-state index contributed by atoms with van der Waals surface area (Å²) in [5.74, 6) is 0. The molecule has 0 bridgehead atoms. The van der Waals surface area contributed by atoms with Crippen LogP contribution in [0.25, 0.3) is 0 Å². The highest BCUT2D eigenvalue weighted by molar-refractivity contribution is 4.57. The van der Waals surface area contributed by atoms with Crippen molar-refractivity contribution < 1.29 is 5.11 Å². The monoisotopic (exact) mass is 424 g/mol. The van der Waals surface area contributed by atoms with Gasteiger partial charge in [-0.15, -0.1) is 0 Å². The molecule has 0 aromatic rings. The zero-order valence-electron chi connectivity index (χ0n) is 21.4. The Kier molecular flexibility index (Phi) is 27.0. The molecule has 0 radical (unpaired) electrons. The van der Waals surface area contributed by atoms with Crippen LogP contribution < -0.4 is 0 Å². The third-order valence-corrected chi connectivity index (χ3v) is 6.78. The number of hydrogen-bond acceptors (Lipinski definition) is 1. The van der Waals surface area contributed by atoms with E-state index in [2.05, 4.69) is 13.8 Å². The topological polar surface area (TPSA) is 20.2 Å². The van der Waals surface area contributed by atoms with E-state index in [1.54, 1.807) is 0 Å². The van der Waals surface area contributed by atoms with Crippen LogP contribution in [0.4, 0.5) is 0 Å². The smallest absolute Gasteiger partial charge is 0.0540 e. The minimum atomic E-state index is -0.0302. The van der Waals surface area contributed by atoms with Crippen molar-refractivity contribution in [3.63, 3.8) is 0 Å². The minimum Gasteiger partial charge on any atom is -0.393 e. The van der Waals surface area contributed by atoms with Crippen molar-refractivity contribution >= 4 is 0 Å². The molecule has 30 heavy (non-hydrogen) atoms. The van der Waals surface area contributed by atoms with Crippen molar-refractivity contribution in [2.24, 2.45) is 0 Å². The van der Waals surface area contributed by atoms with Crippen LogP contribution in [-0.4, -0.2) is 11.2 Å². The standard InChI is InChI=1S/C29H60O/c1-3-5-7-9-10-11-12-13-14-15-16-17-18-19-20-21-22-23-24-26-28-29(30)27-25-8-6-4-2/h29-30H,3-28H2,1-2H3. The first kappa shape index (κ1) is 30.0. The summed E-state index contributed by atoms with van der Waals surface area (Å²) < 4.78 is 0. The van der Waals surface area contributed by atoms with Gasteiger partial charge in [0.05, 0.1) is 6.10 Å². The maximum absolute atomic E-state index is 10.00. The van der Waals surface area contributed by atoms with Gasteiger partial charge < -0.3 is 5.11 Å². The lowest BCUT2D eigenvalue weighted by atomic mass is 10.0. The fourth-order valence-corrected chi connectivity index (χ4v) is 4.59. The molecule has 0 aliphatic carbocycles. The molecule has 0 saturated heterocycles. The lowest BCUT2D eigenvalue weighted by molar-refractivity contribution is 0.147. The zero-order valence-corrected chi connectivity index (χ0v) is 21.4. The lowest BCUT2D eigenvalue weighted by Crippen LogP contribution is -2.05. The lowest BCUT2D eigenvalue weighted by Gasteiger charge is -2.10. The second-order valence-electron chi connectivity index (χ2n) is 10.0. The summed E-state index contributed by atoms with van der Waals surface area (Å²) in [4.78, 5) is 0. The summed E-state index contributed by atoms with van der Waals surface area (Å²) in [7, 11) is 0. The van der Waals surface area contributed by atoms with Crippen LogP contribution in [0.5, 0.6) is 0 Å². The largest absolute Gasteiger partial charge is 0.393 e. The molecule has 0 spiro atoms. The molecule has 1 N–H and O–H groups in total. The normalized spacial score (nSPS) is 12.5. The second-order valence-corrected chi connectivity index (χ2v) is 10.0. The zero-order chi connectivity index (χ0) is 22.0. The molecular weight excluding hydrogens is 364 g/mol. The van der Waals surface area contributed by atoms with E-state index in [-0.39, 0.29) is 6.10 Å². The van der Waals surface area contributed by atoms with Crippen LogP contribution in [0.2, 0.25) is 0 Å². The number of hydrogen-bond donors (Lipinski definition) is 1. The fraction of sp³-hybridized carbons (Fsp3) is 1.00. The molecule has 1 atom stereocenters. The third-order valence-electron chi connectivity index (χ3n) is 6.78. The van der Waals surface area contributed by atoms with Crippen LogP contribution >= 0.6 is 0 Å². The average Bonchev–Trinajstić information content (AvgIpc) is 2.75. The first-order valence-corrected chi connectivity index (χ1v) is 14.5. The van der Waals surface area contributed by atoms with Gasteiger partial charge in [-0.2, -0.15) is 0 Å². The highest BCUT2D eigenvalue weighted by atomic mass is 16.3. The van der Waals surface area contributed by atoms with Crippen LogP contribution in [0.3, 0.4) is 0 Å². The summed E-state index contributed by atoms with van der Waals surface area (Å²) in [5.41, 5.74) is 0. The number of unbranched alkanes of at least 4 members (excludes halogenated alkanes) is 22. The van der Waals surface area contributed by atoms with Crippen LogP contribution in [0.1, 0.15) is 181 Å². The van der Waals surface area contributed by atoms with Crippen molar-refractivity contribution in [2.75, 3.05) is 0 Å². The van der Waals surface area contributed by atoms with E-state index in [1.807, 2.05) is 0 Å². The molecule has 1 nitrogen and oxygen atoms in total. The van der Waals surface area contributed by atoms with E-state index < -0.39 is 0 Å². The van der Waals surface area contributed by atoms with Crippen molar-refractivity contribution in [2.45, 2.75) is 187 Å². The summed E-state index contributed by atoms with van der Waals surface area (Å²) in [6.07, 6.45) is 35.8. The molecule has 0 aromatic heterocycles. The summed E-state index contributed by atoms with van der Waals surface area (Å²) in [5, 5.41) is 10.00. The molecule has 0 heterocycles. The first-order valence-electron chi connectivity index (χ1n) is 14.5. The molecule has 0 aromatic carbocycles. The van der Waals surface area contributed by atoms with Gasteiger partial charge in [-0.05, 0) is 12.8 Å². The minimum absolute atomic E-state index is 0.0302. The van der Waals surface area contributed by atoms with Crippen molar-refractivity contribution in [1.29, 1.82) is 0 Å². The molecule has 0 rings (SSSR count). The van der Waals surface area contributed by atoms with E-state index in [0.29, 0.717) is 0 Å². The molecule has 0 fully saturated rings. The predicted molar refractivity (Wildman–Crippen MR) is 137 cm³/mol. The van der Waals surface area contributed by atoms with Gasteiger partial charge in [-0.25, -0.2) is 0 Å². The van der Waals surface area contributed by atoms with Crippen molar-refractivity contribution in [1.82, 2.24) is 0 Å². The Bertz CT molecular complexity index is 288. The fourth-order valence-electron chi connectivity index (χ4n) is 4.59. The SMILES string of the molecule is CCCCCCCCCCCCCCCCCCCCCCC(O)CCCCCC. The van der Waals surface area contributed by atoms with Gasteiger partial charge in [-0.3, -0.25) is 0 Å². The van der Waals surface area contributed by atoms with Gasteiger partial charge in [0.2, 0.25) is 0 Å². The van der Waals surface area contributed by atoms with Crippen LogP contribution in [0.15, 0.2) is 0 Å². The summed E-state index contributed by atoms with van der Waals surface area (Å²) in [6.45, 7) is 4.54. The van der Waals surface area contributed by atoms with Crippen molar-refractivity contribution in [3.8, 4) is 0 Å². The number of aliphatic hydroxyl groups is 1. The molecular formula is C29H60O. The van der Waals surface area contributed by atoms with E-state index in [0.717, 1.165) is 12.8 Å². The highest BCUT2D eigenvalue weighted by Gasteiger charge is 2.03. The van der Waals surface area contributed by atoms with Crippen LogP contribution in [-0.2, 0) is 0 Å². The molecule has 0 aliphatic rings. The molecule has 1 heteroatoms. The Morgan fingerprint density at radius 1 is 0.333 bits per heavy atom. The molecule has 182 valence electrons. The second kappa shape index (κ2) is 27.0. The number of aliphatic hydroxyl groups excluding tert-OH is 1. The Morgan fingerprint density at radius 2 is 0.533 bits per heavy atom. The van der Waals surface area contributed by atoms with Gasteiger partial charge in [0.1, 0.15) is 0 Å². The molecule has 0 saturated carbocycles. The van der Waals surface area contributed by atoms with Gasteiger partial charge in [0, 0.05) is 0 Å². The highest BCUT2D eigenvalue weighted by Crippen LogP contribution is 2.16. The van der Waals surface area contributed by atoms with Gasteiger partial charge >= 0.3 is 0 Å². The Morgan fingerprint density at radius 3 is 0.800 bits per heavy atom. The van der Waals surface area contributed by atoms with Gasteiger partial charge in [0.25, 0.3) is 0 Å². The molecule has 0 aliphatic heterocycles. The first-order chi connectivity index (χ1) is 14.8. The van der Waals surface area contributed by atoms with Gasteiger partial charge in [-0.1, -0.05) is 168 Å². The Labute approximate surface area is 192 Å².